The van der Waals surface area contributed by atoms with E-state index in [0.29, 0.717) is 10.4 Å². The van der Waals surface area contributed by atoms with Crippen molar-refractivity contribution in [1.29, 1.82) is 0 Å². The fourth-order valence-electron chi connectivity index (χ4n) is 3.25. The minimum absolute atomic E-state index is 0.198. The number of benzene rings is 2. The molecule has 1 amide bonds. The molecule has 1 aromatic heterocycles. The zero-order chi connectivity index (χ0) is 22.8. The van der Waals surface area contributed by atoms with Gasteiger partial charge < -0.3 is 10.2 Å². The number of carbonyl (C=O) groups is 1. The molecule has 0 radical (unpaired) electrons. The van der Waals surface area contributed by atoms with Gasteiger partial charge in [0.15, 0.2) is 11.4 Å². The molecule has 0 saturated carbocycles. The van der Waals surface area contributed by atoms with E-state index in [-0.39, 0.29) is 11.7 Å². The van der Waals surface area contributed by atoms with Crippen molar-refractivity contribution < 1.29 is 22.4 Å². The quantitative estimate of drug-likeness (QED) is 0.559. The van der Waals surface area contributed by atoms with E-state index in [2.05, 4.69) is 20.5 Å². The third kappa shape index (κ3) is 4.84. The molecule has 0 bridgehead atoms. The molecule has 0 aliphatic carbocycles. The van der Waals surface area contributed by atoms with Gasteiger partial charge in [-0.2, -0.15) is 13.2 Å². The molecule has 0 aliphatic heterocycles. The van der Waals surface area contributed by atoms with Crippen LogP contribution in [0.3, 0.4) is 0 Å². The standard InChI is InChI=1S/C21H21F4N5O/c1-4-29(13(2)3)16-10-8-15(9-11-16)26-20(31)18-19(21(23,24)25)30(28-27-18)17-7-5-6-14(22)12-17/h5-13H,4H2,1-3H3,(H,26,31). The summed E-state index contributed by atoms with van der Waals surface area (Å²) in [5.74, 6) is -1.81. The highest BCUT2D eigenvalue weighted by molar-refractivity contribution is 6.03. The van der Waals surface area contributed by atoms with E-state index in [0.717, 1.165) is 24.4 Å². The Kier molecular flexibility index (Phi) is 6.28. The smallest absolute Gasteiger partial charge is 0.369 e. The average molecular weight is 435 g/mol. The lowest BCUT2D eigenvalue weighted by Crippen LogP contribution is -2.30. The minimum Gasteiger partial charge on any atom is -0.369 e. The average Bonchev–Trinajstić information content (AvgIpc) is 3.15. The molecule has 6 nitrogen and oxygen atoms in total. The maximum absolute atomic E-state index is 13.7. The van der Waals surface area contributed by atoms with Crippen LogP contribution in [0.2, 0.25) is 0 Å². The van der Waals surface area contributed by atoms with E-state index in [9.17, 15) is 22.4 Å². The Morgan fingerprint density at radius 1 is 1.16 bits per heavy atom. The predicted molar refractivity (Wildman–Crippen MR) is 109 cm³/mol. The Hall–Kier alpha value is -3.43. The molecular formula is C21H21F4N5O. The third-order valence-electron chi connectivity index (χ3n) is 4.63. The molecule has 2 aromatic carbocycles. The summed E-state index contributed by atoms with van der Waals surface area (Å²) in [5.41, 5.74) is -1.26. The minimum atomic E-state index is -4.94. The first-order valence-corrected chi connectivity index (χ1v) is 9.58. The van der Waals surface area contributed by atoms with Gasteiger partial charge in [0.2, 0.25) is 0 Å². The van der Waals surface area contributed by atoms with E-state index in [1.807, 2.05) is 20.8 Å². The summed E-state index contributed by atoms with van der Waals surface area (Å²) in [4.78, 5) is 14.7. The summed E-state index contributed by atoms with van der Waals surface area (Å²) in [6.07, 6.45) is -4.94. The van der Waals surface area contributed by atoms with Crippen LogP contribution in [0.5, 0.6) is 0 Å². The predicted octanol–water partition coefficient (Wildman–Crippen LogP) is 4.91. The second-order valence-corrected chi connectivity index (χ2v) is 7.06. The molecule has 0 spiro atoms. The van der Waals surface area contributed by atoms with Crippen LogP contribution in [-0.4, -0.2) is 33.5 Å². The zero-order valence-corrected chi connectivity index (χ0v) is 17.1. The molecule has 0 fully saturated rings. The lowest BCUT2D eigenvalue weighted by molar-refractivity contribution is -0.143. The van der Waals surface area contributed by atoms with Gasteiger partial charge in [-0.05, 0) is 63.2 Å². The molecule has 31 heavy (non-hydrogen) atoms. The van der Waals surface area contributed by atoms with Gasteiger partial charge in [0.1, 0.15) is 5.82 Å². The highest BCUT2D eigenvalue weighted by Crippen LogP contribution is 2.33. The topological polar surface area (TPSA) is 63.1 Å². The van der Waals surface area contributed by atoms with Crippen molar-refractivity contribution in [1.82, 2.24) is 15.0 Å². The number of hydrogen-bond donors (Lipinski definition) is 1. The van der Waals surface area contributed by atoms with Crippen molar-refractivity contribution in [2.45, 2.75) is 33.0 Å². The monoisotopic (exact) mass is 435 g/mol. The number of alkyl halides is 3. The molecule has 0 aliphatic rings. The molecular weight excluding hydrogens is 414 g/mol. The molecule has 3 aromatic rings. The fourth-order valence-corrected chi connectivity index (χ4v) is 3.25. The van der Waals surface area contributed by atoms with Crippen molar-refractivity contribution in [3.8, 4) is 5.69 Å². The summed E-state index contributed by atoms with van der Waals surface area (Å²) >= 11 is 0. The first-order chi connectivity index (χ1) is 14.6. The number of amides is 1. The Labute approximate surface area is 176 Å². The van der Waals surface area contributed by atoms with E-state index in [1.165, 1.54) is 12.1 Å². The van der Waals surface area contributed by atoms with Crippen molar-refractivity contribution in [2.75, 3.05) is 16.8 Å². The number of rotatable bonds is 6. The van der Waals surface area contributed by atoms with Crippen molar-refractivity contribution in [3.63, 3.8) is 0 Å². The van der Waals surface area contributed by atoms with Gasteiger partial charge in [-0.25, -0.2) is 9.07 Å². The number of hydrogen-bond acceptors (Lipinski definition) is 4. The van der Waals surface area contributed by atoms with E-state index in [1.54, 1.807) is 24.3 Å². The van der Waals surface area contributed by atoms with Gasteiger partial charge in [-0.3, -0.25) is 4.79 Å². The van der Waals surface area contributed by atoms with E-state index < -0.39 is 29.3 Å². The second-order valence-electron chi connectivity index (χ2n) is 7.06. The van der Waals surface area contributed by atoms with E-state index in [4.69, 9.17) is 0 Å². The van der Waals surface area contributed by atoms with Gasteiger partial charge in [0.25, 0.3) is 5.91 Å². The molecule has 10 heteroatoms. The third-order valence-corrected chi connectivity index (χ3v) is 4.63. The Morgan fingerprint density at radius 2 is 1.84 bits per heavy atom. The highest BCUT2D eigenvalue weighted by Gasteiger charge is 2.42. The first-order valence-electron chi connectivity index (χ1n) is 9.58. The summed E-state index contributed by atoms with van der Waals surface area (Å²) in [6.45, 7) is 6.87. The zero-order valence-electron chi connectivity index (χ0n) is 17.1. The van der Waals surface area contributed by atoms with Gasteiger partial charge in [-0.1, -0.05) is 11.3 Å². The molecule has 0 saturated heterocycles. The molecule has 1 heterocycles. The van der Waals surface area contributed by atoms with Crippen molar-refractivity contribution in [2.24, 2.45) is 0 Å². The SMILES string of the molecule is CCN(c1ccc(NC(=O)c2nnn(-c3cccc(F)c3)c2C(F)(F)F)cc1)C(C)C. The molecule has 1 N–H and O–H groups in total. The highest BCUT2D eigenvalue weighted by atomic mass is 19.4. The number of aromatic nitrogens is 3. The van der Waals surface area contributed by atoms with Crippen LogP contribution in [-0.2, 0) is 6.18 Å². The van der Waals surface area contributed by atoms with Crippen molar-refractivity contribution in [3.05, 3.63) is 65.7 Å². The lowest BCUT2D eigenvalue weighted by Gasteiger charge is -2.27. The maximum atomic E-state index is 13.7. The van der Waals surface area contributed by atoms with Crippen LogP contribution < -0.4 is 10.2 Å². The van der Waals surface area contributed by atoms with Crippen molar-refractivity contribution >= 4 is 17.3 Å². The van der Waals surface area contributed by atoms with E-state index >= 15 is 0 Å². The number of carbonyl (C=O) groups excluding carboxylic acids is 1. The Bertz CT molecular complexity index is 1060. The summed E-state index contributed by atoms with van der Waals surface area (Å²) < 4.78 is 55.0. The van der Waals surface area contributed by atoms with Crippen LogP contribution in [0.1, 0.15) is 37.0 Å². The summed E-state index contributed by atoms with van der Waals surface area (Å²) in [7, 11) is 0. The second kappa shape index (κ2) is 8.75. The first kappa shape index (κ1) is 22.3. The molecule has 0 atom stereocenters. The summed E-state index contributed by atoms with van der Waals surface area (Å²) in [6, 6.07) is 11.4. The van der Waals surface area contributed by atoms with Crippen LogP contribution in [0.15, 0.2) is 48.5 Å². The molecule has 0 unspecified atom stereocenters. The number of nitrogens with zero attached hydrogens (tertiary/aromatic N) is 4. The number of halogens is 4. The maximum Gasteiger partial charge on any atom is 0.435 e. The van der Waals surface area contributed by atoms with Crippen LogP contribution in [0.25, 0.3) is 5.69 Å². The van der Waals surface area contributed by atoms with Crippen LogP contribution in [0.4, 0.5) is 28.9 Å². The molecule has 3 rings (SSSR count). The number of anilines is 2. The van der Waals surface area contributed by atoms with Gasteiger partial charge in [0.05, 0.1) is 5.69 Å². The van der Waals surface area contributed by atoms with Gasteiger partial charge in [0, 0.05) is 24.0 Å². The van der Waals surface area contributed by atoms with Crippen LogP contribution >= 0.6 is 0 Å². The number of nitrogens with one attached hydrogen (secondary N) is 1. The van der Waals surface area contributed by atoms with Crippen LogP contribution in [0, 0.1) is 5.82 Å². The van der Waals surface area contributed by atoms with Gasteiger partial charge >= 0.3 is 6.18 Å². The lowest BCUT2D eigenvalue weighted by atomic mass is 10.2. The molecule has 164 valence electrons. The largest absolute Gasteiger partial charge is 0.435 e. The normalized spacial score (nSPS) is 11.6. The fraction of sp³-hybridized carbons (Fsp3) is 0.286. The van der Waals surface area contributed by atoms with Gasteiger partial charge in [-0.15, -0.1) is 5.10 Å². The summed E-state index contributed by atoms with van der Waals surface area (Å²) in [5, 5.41) is 9.27. The Morgan fingerprint density at radius 3 is 2.39 bits per heavy atom. The Balaban J connectivity index is 1.90.